The second-order valence-electron chi connectivity index (χ2n) is 10.8. The van der Waals surface area contributed by atoms with Gasteiger partial charge >= 0.3 is 0 Å². The van der Waals surface area contributed by atoms with E-state index in [1.54, 1.807) is 0 Å². The monoisotopic (exact) mass is 520 g/mol. The number of aromatic nitrogens is 2. The van der Waals surface area contributed by atoms with Gasteiger partial charge in [0.1, 0.15) is 5.65 Å². The van der Waals surface area contributed by atoms with E-state index in [1.165, 1.54) is 65.6 Å². The number of hydrogen-bond donors (Lipinski definition) is 0. The van der Waals surface area contributed by atoms with E-state index in [2.05, 4.69) is 150 Å². The highest BCUT2D eigenvalue weighted by Gasteiger charge is 2.19. The van der Waals surface area contributed by atoms with Crippen LogP contribution in [-0.2, 0) is 0 Å². The topological polar surface area (TPSA) is 17.3 Å². The van der Waals surface area contributed by atoms with E-state index < -0.39 is 0 Å². The van der Waals surface area contributed by atoms with Crippen molar-refractivity contribution in [2.24, 2.45) is 0 Å². The fraction of sp³-hybridized carbons (Fsp3) is 0. The molecule has 2 heteroatoms. The normalized spacial score (nSPS) is 11.9. The summed E-state index contributed by atoms with van der Waals surface area (Å²) >= 11 is 0. The van der Waals surface area contributed by atoms with Crippen LogP contribution in [0.25, 0.3) is 82.2 Å². The fourth-order valence-electron chi connectivity index (χ4n) is 6.65. The van der Waals surface area contributed by atoms with Gasteiger partial charge in [-0.25, -0.2) is 4.98 Å². The first-order chi connectivity index (χ1) is 20.3. The van der Waals surface area contributed by atoms with Crippen molar-refractivity contribution in [1.82, 2.24) is 9.38 Å². The number of rotatable bonds is 2. The Morgan fingerprint density at radius 3 is 1.59 bits per heavy atom. The molecular formula is C39H24N2. The van der Waals surface area contributed by atoms with Gasteiger partial charge in [0, 0.05) is 21.5 Å². The highest BCUT2D eigenvalue weighted by atomic mass is 15.0. The van der Waals surface area contributed by atoms with Gasteiger partial charge in [0.25, 0.3) is 0 Å². The molecule has 0 atom stereocenters. The first-order valence-electron chi connectivity index (χ1n) is 14.1. The Morgan fingerprint density at radius 1 is 0.366 bits per heavy atom. The lowest BCUT2D eigenvalue weighted by Crippen LogP contribution is -1.93. The molecule has 0 amide bonds. The van der Waals surface area contributed by atoms with Crippen LogP contribution in [0.5, 0.6) is 0 Å². The summed E-state index contributed by atoms with van der Waals surface area (Å²) in [5.41, 5.74) is 9.23. The van der Waals surface area contributed by atoms with Crippen LogP contribution in [0.2, 0.25) is 0 Å². The Hall–Kier alpha value is -5.47. The number of hydrogen-bond acceptors (Lipinski definition) is 1. The van der Waals surface area contributed by atoms with Gasteiger partial charge in [0.05, 0.1) is 16.6 Å². The van der Waals surface area contributed by atoms with Gasteiger partial charge in [0.2, 0.25) is 0 Å². The fourth-order valence-corrected chi connectivity index (χ4v) is 6.65. The average molecular weight is 521 g/mol. The van der Waals surface area contributed by atoms with Crippen molar-refractivity contribution in [3.05, 3.63) is 146 Å². The molecule has 0 bridgehead atoms. The molecule has 2 heterocycles. The zero-order valence-electron chi connectivity index (χ0n) is 22.3. The second kappa shape index (κ2) is 8.51. The maximum atomic E-state index is 5.42. The summed E-state index contributed by atoms with van der Waals surface area (Å²) in [5.74, 6) is 0. The summed E-state index contributed by atoms with van der Waals surface area (Å²) in [5, 5.41) is 8.51. The second-order valence-corrected chi connectivity index (χ2v) is 10.8. The maximum absolute atomic E-state index is 5.42. The van der Waals surface area contributed by atoms with Crippen LogP contribution in [0, 0.1) is 0 Å². The third-order valence-corrected chi connectivity index (χ3v) is 8.53. The number of pyridine rings is 1. The van der Waals surface area contributed by atoms with Gasteiger partial charge in [0.15, 0.2) is 0 Å². The molecule has 41 heavy (non-hydrogen) atoms. The number of nitrogens with zero attached hydrogens (tertiary/aromatic N) is 2. The van der Waals surface area contributed by atoms with Gasteiger partial charge < -0.3 is 0 Å². The number of benzene rings is 7. The molecule has 2 nitrogen and oxygen atoms in total. The maximum Gasteiger partial charge on any atom is 0.146 e. The molecule has 0 radical (unpaired) electrons. The van der Waals surface area contributed by atoms with Gasteiger partial charge in [-0.3, -0.25) is 4.40 Å². The van der Waals surface area contributed by atoms with Gasteiger partial charge in [-0.05, 0) is 62.7 Å². The molecule has 0 spiro atoms. The minimum Gasteiger partial charge on any atom is -0.291 e. The van der Waals surface area contributed by atoms with Crippen molar-refractivity contribution in [2.45, 2.75) is 0 Å². The molecule has 0 aliphatic rings. The molecule has 0 saturated heterocycles. The highest BCUT2D eigenvalue weighted by Crippen LogP contribution is 2.41. The molecule has 9 aromatic rings. The lowest BCUT2D eigenvalue weighted by Gasteiger charge is -2.13. The Bertz CT molecular complexity index is 2450. The van der Waals surface area contributed by atoms with Gasteiger partial charge in [-0.15, -0.1) is 0 Å². The Balaban J connectivity index is 1.52. The van der Waals surface area contributed by atoms with E-state index >= 15 is 0 Å². The van der Waals surface area contributed by atoms with Gasteiger partial charge in [-0.2, -0.15) is 0 Å². The van der Waals surface area contributed by atoms with E-state index in [0.29, 0.717) is 0 Å². The summed E-state index contributed by atoms with van der Waals surface area (Å²) < 4.78 is 2.40. The van der Waals surface area contributed by atoms with Crippen molar-refractivity contribution in [3.8, 4) is 22.3 Å². The molecule has 0 aliphatic heterocycles. The number of fused-ring (bicyclic) bond motifs is 13. The zero-order chi connectivity index (χ0) is 26.9. The minimum absolute atomic E-state index is 0.996. The van der Waals surface area contributed by atoms with Gasteiger partial charge in [-0.1, -0.05) is 121 Å². The van der Waals surface area contributed by atoms with Crippen LogP contribution in [0.3, 0.4) is 0 Å². The molecule has 0 saturated carbocycles. The predicted octanol–water partition coefficient (Wildman–Crippen LogP) is 10.4. The molecule has 0 unspecified atom stereocenters. The van der Waals surface area contributed by atoms with Crippen molar-refractivity contribution in [3.63, 3.8) is 0 Å². The first kappa shape index (κ1) is 22.4. The molecule has 0 aliphatic carbocycles. The minimum atomic E-state index is 0.996. The lowest BCUT2D eigenvalue weighted by molar-refractivity contribution is 1.32. The van der Waals surface area contributed by atoms with Crippen LogP contribution >= 0.6 is 0 Å². The number of imidazole rings is 1. The third-order valence-electron chi connectivity index (χ3n) is 8.53. The van der Waals surface area contributed by atoms with Crippen molar-refractivity contribution < 1.29 is 0 Å². The van der Waals surface area contributed by atoms with E-state index in [0.717, 1.165) is 16.6 Å². The van der Waals surface area contributed by atoms with Crippen molar-refractivity contribution in [2.75, 3.05) is 0 Å². The Morgan fingerprint density at radius 2 is 0.902 bits per heavy atom. The summed E-state index contributed by atoms with van der Waals surface area (Å²) in [7, 11) is 0. The largest absolute Gasteiger partial charge is 0.291 e. The van der Waals surface area contributed by atoms with Crippen LogP contribution in [-0.4, -0.2) is 9.38 Å². The standard InChI is InChI=1S/C39H24N2/c1-3-11-25(12-4-1)27-19-21-33-34(23-27)35-24-28(26-13-5-2-6-14-26)20-22-36(35)41-38-32-18-10-8-16-30(32)29-15-7-9-17-31(29)37(38)40-39(33)41/h1-24H. The summed E-state index contributed by atoms with van der Waals surface area (Å²) in [4.78, 5) is 5.42. The molecule has 0 N–H and O–H groups in total. The van der Waals surface area contributed by atoms with E-state index in [1.807, 2.05) is 0 Å². The average Bonchev–Trinajstić information content (AvgIpc) is 3.47. The summed E-state index contributed by atoms with van der Waals surface area (Å²) in [6, 6.07) is 52.4. The molecule has 7 aromatic carbocycles. The molecule has 9 rings (SSSR count). The van der Waals surface area contributed by atoms with E-state index in [9.17, 15) is 0 Å². The molecule has 2 aromatic heterocycles. The highest BCUT2D eigenvalue weighted by molar-refractivity contribution is 6.26. The van der Waals surface area contributed by atoms with Crippen LogP contribution in [0.15, 0.2) is 146 Å². The Labute approximate surface area is 236 Å². The van der Waals surface area contributed by atoms with E-state index in [-0.39, 0.29) is 0 Å². The zero-order valence-corrected chi connectivity index (χ0v) is 22.3. The quantitative estimate of drug-likeness (QED) is 0.207. The van der Waals surface area contributed by atoms with E-state index in [4.69, 9.17) is 4.98 Å². The van der Waals surface area contributed by atoms with Crippen LogP contribution < -0.4 is 0 Å². The van der Waals surface area contributed by atoms with Crippen LogP contribution in [0.4, 0.5) is 0 Å². The first-order valence-corrected chi connectivity index (χ1v) is 14.1. The van der Waals surface area contributed by atoms with Crippen molar-refractivity contribution >= 4 is 59.9 Å². The Kier molecular flexibility index (Phi) is 4.64. The van der Waals surface area contributed by atoms with Crippen LogP contribution in [0.1, 0.15) is 0 Å². The molecule has 190 valence electrons. The molecular weight excluding hydrogens is 496 g/mol. The van der Waals surface area contributed by atoms with Crippen molar-refractivity contribution in [1.29, 1.82) is 0 Å². The SMILES string of the molecule is c1ccc(-c2ccc3c(c2)c2cc(-c4ccccc4)ccc2n2c3nc3c4ccccc4c4ccccc4c32)cc1. The lowest BCUT2D eigenvalue weighted by atomic mass is 9.96. The summed E-state index contributed by atoms with van der Waals surface area (Å²) in [6.07, 6.45) is 0. The summed E-state index contributed by atoms with van der Waals surface area (Å²) in [6.45, 7) is 0. The third kappa shape index (κ3) is 3.22. The smallest absolute Gasteiger partial charge is 0.146 e. The molecule has 0 fully saturated rings. The predicted molar refractivity (Wildman–Crippen MR) is 174 cm³/mol.